The van der Waals surface area contributed by atoms with Crippen molar-refractivity contribution in [3.63, 3.8) is 0 Å². The number of carbonyl (C=O) groups excluding carboxylic acids is 2. The van der Waals surface area contributed by atoms with Crippen LogP contribution in [0, 0.1) is 5.82 Å². The lowest BCUT2D eigenvalue weighted by Gasteiger charge is -2.20. The fourth-order valence-corrected chi connectivity index (χ4v) is 1.58. The summed E-state index contributed by atoms with van der Waals surface area (Å²) < 4.78 is 13.0. The summed E-state index contributed by atoms with van der Waals surface area (Å²) in [4.78, 5) is 22.9. The number of carbonyl (C=O) groups is 2. The van der Waals surface area contributed by atoms with Gasteiger partial charge in [0.1, 0.15) is 12.4 Å². The summed E-state index contributed by atoms with van der Waals surface area (Å²) in [6.07, 6.45) is 0. The zero-order chi connectivity index (χ0) is 13.7. The van der Waals surface area contributed by atoms with E-state index < -0.39 is 18.0 Å². The van der Waals surface area contributed by atoms with Crippen LogP contribution < -0.4 is 16.0 Å². The number of hydrogen-bond acceptors (Lipinski definition) is 2. The van der Waals surface area contributed by atoms with E-state index >= 15 is 0 Å². The van der Waals surface area contributed by atoms with E-state index in [1.54, 1.807) is 26.1 Å². The van der Waals surface area contributed by atoms with Gasteiger partial charge in [0, 0.05) is 5.56 Å². The van der Waals surface area contributed by atoms with Crippen LogP contribution >= 0.6 is 0 Å². The predicted molar refractivity (Wildman–Crippen MR) is 64.2 cm³/mol. The van der Waals surface area contributed by atoms with Crippen LogP contribution in [0.2, 0.25) is 0 Å². The molecule has 0 heterocycles. The molecule has 0 spiro atoms. The molecule has 0 aromatic heterocycles. The second-order valence-electron chi connectivity index (χ2n) is 4.23. The first-order valence-electron chi connectivity index (χ1n) is 5.57. The van der Waals surface area contributed by atoms with Crippen LogP contribution in [0.15, 0.2) is 24.3 Å². The van der Waals surface area contributed by atoms with E-state index in [1.165, 1.54) is 12.1 Å². The smallest absolute Gasteiger partial charge is 0.319 e. The van der Waals surface area contributed by atoms with Crippen molar-refractivity contribution in [1.82, 2.24) is 5.32 Å². The van der Waals surface area contributed by atoms with Crippen LogP contribution in [0.3, 0.4) is 0 Å². The first kappa shape index (κ1) is 14.1. The van der Waals surface area contributed by atoms with Gasteiger partial charge in [0.25, 0.3) is 5.91 Å². The maximum atomic E-state index is 13.0. The van der Waals surface area contributed by atoms with Crippen molar-refractivity contribution in [1.29, 1.82) is 0 Å². The minimum Gasteiger partial charge on any atom is -0.351 e. The summed E-state index contributed by atoms with van der Waals surface area (Å²) in [5.74, 6) is -0.758. The van der Waals surface area contributed by atoms with E-state index in [0.29, 0.717) is 6.54 Å². The summed E-state index contributed by atoms with van der Waals surface area (Å²) in [6, 6.07) is 4.85. The molecule has 0 aliphatic carbocycles. The van der Waals surface area contributed by atoms with E-state index in [2.05, 4.69) is 0 Å². The third kappa shape index (κ3) is 4.14. The summed E-state index contributed by atoms with van der Waals surface area (Å²) in [5.41, 5.74) is 5.66. The standard InChI is InChI=1S/C12H16FN3O2/c1-8(11(17)15-12(14)18)16(2)7-9-4-3-5-10(13)6-9/h3-6,8H,7H2,1-2H3,(H3,14,15,17,18)/p+1/t8-/m0/s1. The van der Waals surface area contributed by atoms with Crippen LogP contribution in [-0.4, -0.2) is 25.0 Å². The number of hydrogen-bond donors (Lipinski definition) is 3. The minimum absolute atomic E-state index is 0.311. The Kier molecular flexibility index (Phi) is 4.79. The number of imide groups is 1. The number of nitrogens with one attached hydrogen (secondary N) is 2. The van der Waals surface area contributed by atoms with Crippen LogP contribution in [0.1, 0.15) is 12.5 Å². The molecule has 3 amide bonds. The summed E-state index contributed by atoms with van der Waals surface area (Å²) >= 11 is 0. The third-order valence-corrected chi connectivity index (χ3v) is 2.75. The van der Waals surface area contributed by atoms with Gasteiger partial charge >= 0.3 is 6.03 Å². The Morgan fingerprint density at radius 1 is 1.50 bits per heavy atom. The zero-order valence-corrected chi connectivity index (χ0v) is 10.4. The van der Waals surface area contributed by atoms with Gasteiger partial charge in [0.15, 0.2) is 6.04 Å². The lowest BCUT2D eigenvalue weighted by Crippen LogP contribution is -3.12. The molecule has 98 valence electrons. The van der Waals surface area contributed by atoms with E-state index in [1.807, 2.05) is 5.32 Å². The van der Waals surface area contributed by atoms with Crippen molar-refractivity contribution in [2.45, 2.75) is 19.5 Å². The Bertz CT molecular complexity index is 451. The predicted octanol–water partition coefficient (Wildman–Crippen LogP) is -0.576. The molecule has 0 radical (unpaired) electrons. The summed E-state index contributed by atoms with van der Waals surface area (Å²) in [5, 5.41) is 2.03. The molecular weight excluding hydrogens is 237 g/mol. The number of amides is 3. The van der Waals surface area contributed by atoms with Gasteiger partial charge in [0.05, 0.1) is 7.05 Å². The second kappa shape index (κ2) is 6.11. The number of nitrogens with two attached hydrogens (primary N) is 1. The van der Waals surface area contributed by atoms with Gasteiger partial charge in [0.2, 0.25) is 0 Å². The molecule has 18 heavy (non-hydrogen) atoms. The molecule has 1 rings (SSSR count). The Balaban J connectivity index is 2.62. The van der Waals surface area contributed by atoms with Gasteiger partial charge in [-0.1, -0.05) is 12.1 Å². The number of benzene rings is 1. The van der Waals surface area contributed by atoms with E-state index in [4.69, 9.17) is 5.73 Å². The molecule has 6 heteroatoms. The SMILES string of the molecule is C[C@@H](C(=O)NC(N)=O)[NH+](C)Cc1cccc(F)c1. The van der Waals surface area contributed by atoms with Crippen LogP contribution in [0.25, 0.3) is 0 Å². The average Bonchev–Trinajstić information content (AvgIpc) is 2.27. The first-order valence-corrected chi connectivity index (χ1v) is 5.57. The monoisotopic (exact) mass is 254 g/mol. The molecule has 1 unspecified atom stereocenters. The Hall–Kier alpha value is -1.95. The van der Waals surface area contributed by atoms with Crippen LogP contribution in [0.4, 0.5) is 9.18 Å². The Labute approximate surface area is 105 Å². The topological polar surface area (TPSA) is 76.6 Å². The van der Waals surface area contributed by atoms with Gasteiger partial charge in [-0.05, 0) is 19.1 Å². The van der Waals surface area contributed by atoms with Crippen molar-refractivity contribution in [2.24, 2.45) is 5.73 Å². The molecule has 0 saturated carbocycles. The van der Waals surface area contributed by atoms with Gasteiger partial charge in [-0.2, -0.15) is 0 Å². The fraction of sp³-hybridized carbons (Fsp3) is 0.333. The van der Waals surface area contributed by atoms with Gasteiger partial charge < -0.3 is 10.6 Å². The third-order valence-electron chi connectivity index (χ3n) is 2.75. The van der Waals surface area contributed by atoms with Crippen molar-refractivity contribution < 1.29 is 18.9 Å². The number of likely N-dealkylation sites (N-methyl/N-ethyl adjacent to an activating group) is 1. The van der Waals surface area contributed by atoms with Crippen LogP contribution in [0.5, 0.6) is 0 Å². The Morgan fingerprint density at radius 3 is 2.72 bits per heavy atom. The maximum absolute atomic E-state index is 13.0. The van der Waals surface area contributed by atoms with Crippen molar-refractivity contribution >= 4 is 11.9 Å². The largest absolute Gasteiger partial charge is 0.351 e. The van der Waals surface area contributed by atoms with Gasteiger partial charge in [-0.25, -0.2) is 9.18 Å². The van der Waals surface area contributed by atoms with Gasteiger partial charge in [-0.3, -0.25) is 10.1 Å². The highest BCUT2D eigenvalue weighted by molar-refractivity contribution is 5.95. The number of primary amides is 1. The average molecular weight is 254 g/mol. The molecule has 0 saturated heterocycles. The fourth-order valence-electron chi connectivity index (χ4n) is 1.58. The zero-order valence-electron chi connectivity index (χ0n) is 10.4. The summed E-state index contributed by atoms with van der Waals surface area (Å²) in [7, 11) is 1.79. The highest BCUT2D eigenvalue weighted by atomic mass is 19.1. The molecule has 1 aromatic rings. The Morgan fingerprint density at radius 2 is 2.17 bits per heavy atom. The van der Waals surface area contributed by atoms with Crippen molar-refractivity contribution in [3.05, 3.63) is 35.6 Å². The molecule has 0 aliphatic heterocycles. The van der Waals surface area contributed by atoms with Crippen molar-refractivity contribution in [2.75, 3.05) is 7.05 Å². The molecule has 0 aliphatic rings. The highest BCUT2D eigenvalue weighted by Crippen LogP contribution is 2.01. The second-order valence-corrected chi connectivity index (χ2v) is 4.23. The number of quaternary nitrogens is 1. The molecule has 1 aromatic carbocycles. The summed E-state index contributed by atoms with van der Waals surface area (Å²) in [6.45, 7) is 2.15. The molecule has 0 fully saturated rings. The number of halogens is 1. The number of urea groups is 1. The molecule has 4 N–H and O–H groups in total. The highest BCUT2D eigenvalue weighted by Gasteiger charge is 2.22. The first-order chi connectivity index (χ1) is 8.40. The lowest BCUT2D eigenvalue weighted by atomic mass is 10.2. The maximum Gasteiger partial charge on any atom is 0.319 e. The quantitative estimate of drug-likeness (QED) is 0.672. The van der Waals surface area contributed by atoms with Gasteiger partial charge in [-0.15, -0.1) is 0 Å². The lowest BCUT2D eigenvalue weighted by molar-refractivity contribution is -0.908. The van der Waals surface area contributed by atoms with Crippen LogP contribution in [-0.2, 0) is 11.3 Å². The molecule has 0 bridgehead atoms. The minimum atomic E-state index is -0.870. The molecule has 2 atom stereocenters. The molecule has 5 nitrogen and oxygen atoms in total. The van der Waals surface area contributed by atoms with E-state index in [-0.39, 0.29) is 5.82 Å². The molecular formula is C12H17FN3O2+. The van der Waals surface area contributed by atoms with E-state index in [9.17, 15) is 14.0 Å². The normalized spacial score (nSPS) is 13.7. The van der Waals surface area contributed by atoms with E-state index in [0.717, 1.165) is 10.5 Å². The van der Waals surface area contributed by atoms with Crippen molar-refractivity contribution in [3.8, 4) is 0 Å². The number of rotatable bonds is 4.